The summed E-state index contributed by atoms with van der Waals surface area (Å²) in [4.78, 5) is 0. The first-order valence-corrected chi connectivity index (χ1v) is 9.47. The van der Waals surface area contributed by atoms with Gasteiger partial charge in [0.25, 0.3) is 0 Å². The third-order valence-corrected chi connectivity index (χ3v) is 4.34. The molecule has 0 bridgehead atoms. The maximum absolute atomic E-state index is 5.20. The van der Waals surface area contributed by atoms with Crippen molar-refractivity contribution in [3.8, 4) is 11.7 Å². The number of rotatable bonds is 15. The average molecular weight is 283 g/mol. The predicted molar refractivity (Wildman–Crippen MR) is 91.6 cm³/mol. The number of thioether (sulfide) groups is 1. The van der Waals surface area contributed by atoms with Gasteiger partial charge in [0.15, 0.2) is 0 Å². The molecule has 0 spiro atoms. The second-order valence-corrected chi connectivity index (χ2v) is 6.50. The van der Waals surface area contributed by atoms with Gasteiger partial charge in [-0.3, -0.25) is 0 Å². The molecule has 0 aliphatic heterocycles. The van der Waals surface area contributed by atoms with E-state index in [0.29, 0.717) is 0 Å². The van der Waals surface area contributed by atoms with Crippen LogP contribution in [0.5, 0.6) is 0 Å². The van der Waals surface area contributed by atoms with Gasteiger partial charge in [-0.25, -0.2) is 0 Å². The Balaban J connectivity index is 2.90. The van der Waals surface area contributed by atoms with E-state index in [1.54, 1.807) is 11.8 Å². The molecule has 0 aromatic heterocycles. The molecule has 19 heavy (non-hydrogen) atoms. The van der Waals surface area contributed by atoms with Gasteiger partial charge in [-0.15, -0.1) is 6.42 Å². The van der Waals surface area contributed by atoms with Crippen LogP contribution in [0.1, 0.15) is 96.8 Å². The van der Waals surface area contributed by atoms with Crippen molar-refractivity contribution < 1.29 is 0 Å². The Bertz CT molecular complexity index is 192. The van der Waals surface area contributed by atoms with Crippen LogP contribution in [0.2, 0.25) is 0 Å². The molecule has 0 saturated carbocycles. The highest BCUT2D eigenvalue weighted by atomic mass is 32.2. The van der Waals surface area contributed by atoms with Gasteiger partial charge in [0, 0.05) is 5.75 Å². The average Bonchev–Trinajstić information content (AvgIpc) is 2.43. The van der Waals surface area contributed by atoms with E-state index >= 15 is 0 Å². The summed E-state index contributed by atoms with van der Waals surface area (Å²) in [5.74, 6) is 1.15. The van der Waals surface area contributed by atoms with Crippen molar-refractivity contribution in [2.24, 2.45) is 0 Å². The van der Waals surface area contributed by atoms with Gasteiger partial charge in [-0.2, -0.15) is 0 Å². The Morgan fingerprint density at radius 2 is 1.00 bits per heavy atom. The highest BCUT2D eigenvalue weighted by Crippen LogP contribution is 2.13. The van der Waals surface area contributed by atoms with E-state index in [4.69, 9.17) is 6.42 Å². The Labute approximate surface area is 126 Å². The van der Waals surface area contributed by atoms with Gasteiger partial charge in [0.2, 0.25) is 0 Å². The molecule has 0 aromatic carbocycles. The first kappa shape index (κ1) is 18.9. The Hall–Kier alpha value is -0.0900. The molecule has 112 valence electrons. The third kappa shape index (κ3) is 17.9. The van der Waals surface area contributed by atoms with E-state index in [1.807, 2.05) is 0 Å². The Morgan fingerprint density at radius 3 is 1.37 bits per heavy atom. The minimum Gasteiger partial charge on any atom is -0.108 e. The van der Waals surface area contributed by atoms with Crippen molar-refractivity contribution in [3.63, 3.8) is 0 Å². The van der Waals surface area contributed by atoms with Crippen molar-refractivity contribution >= 4 is 11.8 Å². The van der Waals surface area contributed by atoms with Crippen LogP contribution in [-0.2, 0) is 0 Å². The lowest BCUT2D eigenvalue weighted by molar-refractivity contribution is 0.538. The molecule has 0 N–H and O–H groups in total. The predicted octanol–water partition coefficient (Wildman–Crippen LogP) is 6.79. The van der Waals surface area contributed by atoms with E-state index < -0.39 is 0 Å². The molecule has 0 unspecified atom stereocenters. The summed E-state index contributed by atoms with van der Waals surface area (Å²) < 4.78 is 0. The Morgan fingerprint density at radius 1 is 0.632 bits per heavy atom. The molecule has 0 nitrogen and oxygen atoms in total. The number of hydrogen-bond acceptors (Lipinski definition) is 1. The van der Waals surface area contributed by atoms with E-state index in [0.717, 1.165) is 5.75 Å². The molecule has 0 radical (unpaired) electrons. The second-order valence-electron chi connectivity index (χ2n) is 5.56. The van der Waals surface area contributed by atoms with Crippen LogP contribution in [-0.4, -0.2) is 5.75 Å². The maximum atomic E-state index is 5.20. The van der Waals surface area contributed by atoms with Gasteiger partial charge in [-0.1, -0.05) is 102 Å². The molecule has 0 atom stereocenters. The molecule has 0 heterocycles. The van der Waals surface area contributed by atoms with Crippen molar-refractivity contribution in [3.05, 3.63) is 0 Å². The normalized spacial score (nSPS) is 10.5. The van der Waals surface area contributed by atoms with Crippen molar-refractivity contribution in [2.45, 2.75) is 96.8 Å². The minimum absolute atomic E-state index is 1.15. The fourth-order valence-corrected chi connectivity index (χ4v) is 2.89. The smallest absolute Gasteiger partial charge is 0.00566 e. The highest BCUT2D eigenvalue weighted by Gasteiger charge is 1.93. The zero-order valence-corrected chi connectivity index (χ0v) is 13.9. The standard InChI is InChI=1S/C18H34S/c1-3-5-6-7-8-9-10-11-12-13-14-15-16-17-18-19-4-2/h2H,3,5-18H2,1H3. The summed E-state index contributed by atoms with van der Waals surface area (Å²) in [5, 5.41) is 2.63. The third-order valence-electron chi connectivity index (χ3n) is 3.68. The van der Waals surface area contributed by atoms with Crippen LogP contribution in [0.15, 0.2) is 0 Å². The highest BCUT2D eigenvalue weighted by molar-refractivity contribution is 8.03. The SMILES string of the molecule is C#CSCCCCCCCCCCCCCCCC. The number of hydrogen-bond donors (Lipinski definition) is 0. The molecule has 0 aliphatic rings. The fourth-order valence-electron chi connectivity index (χ4n) is 2.43. The molecule has 0 rings (SSSR count). The zero-order chi connectivity index (χ0) is 14.0. The molecular weight excluding hydrogens is 248 g/mol. The first-order chi connectivity index (χ1) is 9.41. The number of unbranched alkanes of at least 4 members (excludes halogenated alkanes) is 13. The minimum atomic E-state index is 1.15. The van der Waals surface area contributed by atoms with Crippen molar-refractivity contribution in [1.82, 2.24) is 0 Å². The fraction of sp³-hybridized carbons (Fsp3) is 0.889. The largest absolute Gasteiger partial charge is 0.108 e. The van der Waals surface area contributed by atoms with Gasteiger partial charge < -0.3 is 0 Å². The van der Waals surface area contributed by atoms with Crippen molar-refractivity contribution in [2.75, 3.05) is 5.75 Å². The van der Waals surface area contributed by atoms with E-state index in [9.17, 15) is 0 Å². The molecule has 0 fully saturated rings. The maximum Gasteiger partial charge on any atom is 0.00566 e. The van der Waals surface area contributed by atoms with E-state index in [2.05, 4.69) is 12.2 Å². The summed E-state index contributed by atoms with van der Waals surface area (Å²) in [6, 6.07) is 0. The van der Waals surface area contributed by atoms with Crippen LogP contribution in [0.3, 0.4) is 0 Å². The van der Waals surface area contributed by atoms with Gasteiger partial charge in [0.05, 0.1) is 0 Å². The van der Waals surface area contributed by atoms with Crippen LogP contribution in [0, 0.1) is 11.7 Å². The monoisotopic (exact) mass is 282 g/mol. The van der Waals surface area contributed by atoms with E-state index in [1.165, 1.54) is 89.9 Å². The topological polar surface area (TPSA) is 0 Å². The zero-order valence-electron chi connectivity index (χ0n) is 13.1. The molecule has 0 amide bonds. The van der Waals surface area contributed by atoms with Crippen molar-refractivity contribution in [1.29, 1.82) is 0 Å². The molecule has 0 aliphatic carbocycles. The van der Waals surface area contributed by atoms with Gasteiger partial charge >= 0.3 is 0 Å². The van der Waals surface area contributed by atoms with Crippen LogP contribution < -0.4 is 0 Å². The summed E-state index contributed by atoms with van der Waals surface area (Å²) in [6.45, 7) is 2.29. The first-order valence-electron chi connectivity index (χ1n) is 8.49. The van der Waals surface area contributed by atoms with Gasteiger partial charge in [0.1, 0.15) is 0 Å². The molecule has 1 heteroatoms. The van der Waals surface area contributed by atoms with Crippen LogP contribution in [0.25, 0.3) is 0 Å². The number of terminal acetylenes is 1. The summed E-state index contributed by atoms with van der Waals surface area (Å²) >= 11 is 1.62. The molecule has 0 saturated heterocycles. The lowest BCUT2D eigenvalue weighted by Crippen LogP contribution is -1.84. The molecule has 0 aromatic rings. The lowest BCUT2D eigenvalue weighted by atomic mass is 10.0. The lowest BCUT2D eigenvalue weighted by Gasteiger charge is -2.02. The van der Waals surface area contributed by atoms with E-state index in [-0.39, 0.29) is 0 Å². The summed E-state index contributed by atoms with van der Waals surface area (Å²) in [6.07, 6.45) is 25.1. The molecular formula is C18H34S. The Kier molecular flexibility index (Phi) is 17.8. The van der Waals surface area contributed by atoms with Crippen LogP contribution in [0.4, 0.5) is 0 Å². The summed E-state index contributed by atoms with van der Waals surface area (Å²) in [5.41, 5.74) is 0. The summed E-state index contributed by atoms with van der Waals surface area (Å²) in [7, 11) is 0. The van der Waals surface area contributed by atoms with Gasteiger partial charge in [-0.05, 0) is 11.7 Å². The quantitative estimate of drug-likeness (QED) is 0.235. The second kappa shape index (κ2) is 17.9. The van der Waals surface area contributed by atoms with Crippen LogP contribution >= 0.6 is 11.8 Å².